The second kappa shape index (κ2) is 6.85. The van der Waals surface area contributed by atoms with E-state index in [0.717, 1.165) is 56.0 Å². The summed E-state index contributed by atoms with van der Waals surface area (Å²) in [6.45, 7) is 7.10. The molecule has 124 valence electrons. The number of aromatic nitrogens is 1. The lowest BCUT2D eigenvalue weighted by molar-refractivity contribution is -0.0265. The SMILES string of the molecule is Cc1ccc(C(C)CCN2CCC(O)(c3cccnc3)CC2)o1. The van der Waals surface area contributed by atoms with Gasteiger partial charge in [0.05, 0.1) is 5.60 Å². The van der Waals surface area contributed by atoms with Gasteiger partial charge in [0.1, 0.15) is 11.5 Å². The van der Waals surface area contributed by atoms with Crippen LogP contribution in [0.25, 0.3) is 0 Å². The number of furan rings is 1. The maximum atomic E-state index is 10.8. The molecule has 4 heteroatoms. The van der Waals surface area contributed by atoms with Gasteiger partial charge in [-0.2, -0.15) is 0 Å². The van der Waals surface area contributed by atoms with Crippen molar-refractivity contribution < 1.29 is 9.52 Å². The average molecular weight is 314 g/mol. The van der Waals surface area contributed by atoms with Crippen LogP contribution in [0.3, 0.4) is 0 Å². The fourth-order valence-corrected chi connectivity index (χ4v) is 3.31. The van der Waals surface area contributed by atoms with Crippen LogP contribution in [0.5, 0.6) is 0 Å². The molecule has 2 aromatic heterocycles. The molecule has 2 aromatic rings. The van der Waals surface area contributed by atoms with E-state index in [1.165, 1.54) is 0 Å². The first kappa shape index (κ1) is 16.2. The van der Waals surface area contributed by atoms with Crippen LogP contribution < -0.4 is 0 Å². The molecule has 0 radical (unpaired) electrons. The molecule has 3 rings (SSSR count). The minimum Gasteiger partial charge on any atom is -0.466 e. The number of rotatable bonds is 5. The van der Waals surface area contributed by atoms with Crippen LogP contribution in [0.1, 0.15) is 49.2 Å². The molecule has 1 N–H and O–H groups in total. The monoisotopic (exact) mass is 314 g/mol. The number of pyridine rings is 1. The van der Waals surface area contributed by atoms with Crippen molar-refractivity contribution in [2.45, 2.75) is 44.6 Å². The maximum absolute atomic E-state index is 10.8. The molecule has 1 aliphatic heterocycles. The molecule has 1 aliphatic rings. The van der Waals surface area contributed by atoms with Gasteiger partial charge in [0.2, 0.25) is 0 Å². The number of hydrogen-bond acceptors (Lipinski definition) is 4. The zero-order valence-electron chi connectivity index (χ0n) is 14.0. The van der Waals surface area contributed by atoms with E-state index in [-0.39, 0.29) is 0 Å². The van der Waals surface area contributed by atoms with Gasteiger partial charge >= 0.3 is 0 Å². The number of aryl methyl sites for hydroxylation is 1. The van der Waals surface area contributed by atoms with Crippen LogP contribution >= 0.6 is 0 Å². The lowest BCUT2D eigenvalue weighted by atomic mass is 9.85. The summed E-state index contributed by atoms with van der Waals surface area (Å²) >= 11 is 0. The third-order valence-corrected chi connectivity index (χ3v) is 5.01. The van der Waals surface area contributed by atoms with Crippen LogP contribution in [0, 0.1) is 6.92 Å². The van der Waals surface area contributed by atoms with Gasteiger partial charge in [-0.25, -0.2) is 0 Å². The highest BCUT2D eigenvalue weighted by Gasteiger charge is 2.34. The molecule has 0 aromatic carbocycles. The Morgan fingerprint density at radius 1 is 1.30 bits per heavy atom. The van der Waals surface area contributed by atoms with Gasteiger partial charge in [-0.3, -0.25) is 4.98 Å². The Morgan fingerprint density at radius 2 is 2.09 bits per heavy atom. The first-order valence-electron chi connectivity index (χ1n) is 8.48. The maximum Gasteiger partial charge on any atom is 0.107 e. The zero-order chi connectivity index (χ0) is 16.3. The Bertz CT molecular complexity index is 615. The molecule has 1 atom stereocenters. The van der Waals surface area contributed by atoms with E-state index < -0.39 is 5.60 Å². The van der Waals surface area contributed by atoms with E-state index in [2.05, 4.69) is 22.9 Å². The van der Waals surface area contributed by atoms with Gasteiger partial charge in [0, 0.05) is 37.0 Å². The molecule has 4 nitrogen and oxygen atoms in total. The average Bonchev–Trinajstić information content (AvgIpc) is 3.01. The van der Waals surface area contributed by atoms with Gasteiger partial charge in [-0.05, 0) is 50.9 Å². The van der Waals surface area contributed by atoms with Crippen molar-refractivity contribution in [1.82, 2.24) is 9.88 Å². The molecule has 23 heavy (non-hydrogen) atoms. The third kappa shape index (κ3) is 3.82. The molecule has 0 aliphatic carbocycles. The highest BCUT2D eigenvalue weighted by Crippen LogP contribution is 2.32. The van der Waals surface area contributed by atoms with Crippen molar-refractivity contribution in [3.05, 3.63) is 53.7 Å². The van der Waals surface area contributed by atoms with E-state index in [9.17, 15) is 5.11 Å². The van der Waals surface area contributed by atoms with Crippen molar-refractivity contribution >= 4 is 0 Å². The van der Waals surface area contributed by atoms with Gasteiger partial charge in [0.25, 0.3) is 0 Å². The Balaban J connectivity index is 1.49. The summed E-state index contributed by atoms with van der Waals surface area (Å²) in [6, 6.07) is 7.98. The van der Waals surface area contributed by atoms with Crippen LogP contribution in [-0.2, 0) is 5.60 Å². The molecule has 1 unspecified atom stereocenters. The summed E-state index contributed by atoms with van der Waals surface area (Å²) in [6.07, 6.45) is 6.16. The molecular formula is C19H26N2O2. The summed E-state index contributed by atoms with van der Waals surface area (Å²) in [5.74, 6) is 2.49. The van der Waals surface area contributed by atoms with Gasteiger partial charge in [-0.15, -0.1) is 0 Å². The standard InChI is InChI=1S/C19H26N2O2/c1-15(18-6-5-16(2)23-18)7-11-21-12-8-19(22,9-13-21)17-4-3-10-20-14-17/h3-6,10,14-15,22H,7-9,11-13H2,1-2H3. The quantitative estimate of drug-likeness (QED) is 0.918. The molecule has 1 saturated heterocycles. The predicted molar refractivity (Wildman–Crippen MR) is 90.3 cm³/mol. The van der Waals surface area contributed by atoms with Crippen LogP contribution in [0.4, 0.5) is 0 Å². The largest absolute Gasteiger partial charge is 0.466 e. The Hall–Kier alpha value is -1.65. The topological polar surface area (TPSA) is 49.5 Å². The van der Waals surface area contributed by atoms with Gasteiger partial charge in [-0.1, -0.05) is 13.0 Å². The van der Waals surface area contributed by atoms with E-state index in [1.54, 1.807) is 12.4 Å². The first-order valence-corrected chi connectivity index (χ1v) is 8.48. The highest BCUT2D eigenvalue weighted by atomic mass is 16.3. The summed E-state index contributed by atoms with van der Waals surface area (Å²) in [5, 5.41) is 10.8. The molecule has 0 saturated carbocycles. The minimum absolute atomic E-state index is 0.433. The number of nitrogens with zero attached hydrogens (tertiary/aromatic N) is 2. The fraction of sp³-hybridized carbons (Fsp3) is 0.526. The van der Waals surface area contributed by atoms with Crippen molar-refractivity contribution in [3.63, 3.8) is 0 Å². The lowest BCUT2D eigenvalue weighted by Crippen LogP contribution is -2.43. The van der Waals surface area contributed by atoms with Crippen LogP contribution in [0.2, 0.25) is 0 Å². The number of aliphatic hydroxyl groups is 1. The number of hydrogen-bond donors (Lipinski definition) is 1. The van der Waals surface area contributed by atoms with Gasteiger partial charge in [0.15, 0.2) is 0 Å². The summed E-state index contributed by atoms with van der Waals surface area (Å²) in [4.78, 5) is 6.58. The van der Waals surface area contributed by atoms with Crippen LogP contribution in [-0.4, -0.2) is 34.6 Å². The Morgan fingerprint density at radius 3 is 2.70 bits per heavy atom. The number of likely N-dealkylation sites (tertiary alicyclic amines) is 1. The molecule has 1 fully saturated rings. The van der Waals surface area contributed by atoms with Crippen molar-refractivity contribution in [3.8, 4) is 0 Å². The molecule has 0 amide bonds. The first-order chi connectivity index (χ1) is 11.1. The number of piperidine rings is 1. The molecule has 0 spiro atoms. The smallest absolute Gasteiger partial charge is 0.107 e. The predicted octanol–water partition coefficient (Wildman–Crippen LogP) is 3.46. The molecular weight excluding hydrogens is 288 g/mol. The Labute approximate surface area is 138 Å². The zero-order valence-corrected chi connectivity index (χ0v) is 14.0. The van der Waals surface area contributed by atoms with Crippen LogP contribution in [0.15, 0.2) is 41.1 Å². The van der Waals surface area contributed by atoms with E-state index in [4.69, 9.17) is 4.42 Å². The minimum atomic E-state index is -0.714. The highest BCUT2D eigenvalue weighted by molar-refractivity contribution is 5.19. The molecule has 0 bridgehead atoms. The normalized spacial score (nSPS) is 19.6. The van der Waals surface area contributed by atoms with E-state index >= 15 is 0 Å². The lowest BCUT2D eigenvalue weighted by Gasteiger charge is -2.38. The second-order valence-electron chi connectivity index (χ2n) is 6.75. The molecule has 3 heterocycles. The van der Waals surface area contributed by atoms with Crippen molar-refractivity contribution in [2.75, 3.05) is 19.6 Å². The van der Waals surface area contributed by atoms with E-state index in [1.807, 2.05) is 25.1 Å². The summed E-state index contributed by atoms with van der Waals surface area (Å²) in [7, 11) is 0. The fourth-order valence-electron chi connectivity index (χ4n) is 3.31. The summed E-state index contributed by atoms with van der Waals surface area (Å²) in [5.41, 5.74) is 0.230. The van der Waals surface area contributed by atoms with Gasteiger partial charge < -0.3 is 14.4 Å². The van der Waals surface area contributed by atoms with Crippen molar-refractivity contribution in [1.29, 1.82) is 0 Å². The Kier molecular flexibility index (Phi) is 4.83. The second-order valence-corrected chi connectivity index (χ2v) is 6.75. The summed E-state index contributed by atoms with van der Waals surface area (Å²) < 4.78 is 5.71. The van der Waals surface area contributed by atoms with E-state index in [0.29, 0.717) is 5.92 Å². The van der Waals surface area contributed by atoms with Crippen molar-refractivity contribution in [2.24, 2.45) is 0 Å². The third-order valence-electron chi connectivity index (χ3n) is 5.01.